The molecule has 0 saturated carbocycles. The molecule has 0 bridgehead atoms. The van der Waals surface area contributed by atoms with Gasteiger partial charge in [-0.2, -0.15) is 5.01 Å². The van der Waals surface area contributed by atoms with Crippen LogP contribution in [0.2, 0.25) is 0 Å². The van der Waals surface area contributed by atoms with Gasteiger partial charge in [-0.1, -0.05) is 18.2 Å². The molecule has 1 N–H and O–H groups in total. The molecule has 5 heteroatoms. The molecule has 1 saturated heterocycles. The molecule has 0 amide bonds. The predicted molar refractivity (Wildman–Crippen MR) is 105 cm³/mol. The summed E-state index contributed by atoms with van der Waals surface area (Å²) in [6.07, 6.45) is 4.22. The number of hydrogen-bond acceptors (Lipinski definition) is 5. The van der Waals surface area contributed by atoms with Crippen LogP contribution in [-0.4, -0.2) is 34.8 Å². The predicted octanol–water partition coefficient (Wildman–Crippen LogP) is 4.08. The highest BCUT2D eigenvalue weighted by Gasteiger charge is 2.51. The Bertz CT molecular complexity index is 877. The van der Waals surface area contributed by atoms with Crippen molar-refractivity contribution in [2.45, 2.75) is 51.4 Å². The summed E-state index contributed by atoms with van der Waals surface area (Å²) in [7, 11) is 0. The van der Waals surface area contributed by atoms with Gasteiger partial charge in [0.25, 0.3) is 0 Å². The first-order valence-electron chi connectivity index (χ1n) is 9.92. The maximum atomic E-state index is 6.66. The number of aryl methyl sites for hydroxylation is 1. The number of hydrazine groups is 1. The van der Waals surface area contributed by atoms with Crippen LogP contribution in [0.3, 0.4) is 0 Å². The molecule has 27 heavy (non-hydrogen) atoms. The number of piperidine rings is 1. The lowest BCUT2D eigenvalue weighted by molar-refractivity contribution is -0.161. The first kappa shape index (κ1) is 16.9. The Balaban J connectivity index is 1.52. The Morgan fingerprint density at radius 3 is 2.59 bits per heavy atom. The molecule has 5 rings (SSSR count). The van der Waals surface area contributed by atoms with E-state index in [9.17, 15) is 0 Å². The zero-order chi connectivity index (χ0) is 18.6. The van der Waals surface area contributed by atoms with Gasteiger partial charge >= 0.3 is 0 Å². The summed E-state index contributed by atoms with van der Waals surface area (Å²) >= 11 is 0. The minimum atomic E-state index is -0.329. The molecular formula is C22H27N3O2. The molecule has 1 aromatic heterocycles. The standard InChI is InChI=1S/C22H27N3O2/c1-15(2)24-12-10-22(11-13-24)25-19(17-6-4-5-7-20(17)27-22)14-18(23-25)21-9-8-16(3)26-21/h4-9,14-15,19,23H,10-13H2,1-3H3/t19-/m1/s1. The van der Waals surface area contributed by atoms with E-state index in [2.05, 4.69) is 59.5 Å². The molecule has 5 nitrogen and oxygen atoms in total. The molecule has 142 valence electrons. The highest BCUT2D eigenvalue weighted by atomic mass is 16.5. The van der Waals surface area contributed by atoms with E-state index in [1.54, 1.807) is 0 Å². The van der Waals surface area contributed by atoms with Crippen molar-refractivity contribution in [3.05, 3.63) is 59.6 Å². The van der Waals surface area contributed by atoms with E-state index >= 15 is 0 Å². The smallest absolute Gasteiger partial charge is 0.182 e. The summed E-state index contributed by atoms with van der Waals surface area (Å²) in [6, 6.07) is 13.2. The molecule has 0 unspecified atom stereocenters. The molecule has 1 fully saturated rings. The topological polar surface area (TPSA) is 40.9 Å². The van der Waals surface area contributed by atoms with Crippen molar-refractivity contribution in [2.24, 2.45) is 0 Å². The quantitative estimate of drug-likeness (QED) is 0.868. The maximum absolute atomic E-state index is 6.66. The minimum absolute atomic E-state index is 0.154. The fourth-order valence-electron chi connectivity index (χ4n) is 4.57. The number of nitrogens with one attached hydrogen (secondary N) is 1. The number of benzene rings is 1. The largest absolute Gasteiger partial charge is 0.470 e. The van der Waals surface area contributed by atoms with Gasteiger partial charge in [0.15, 0.2) is 11.5 Å². The lowest BCUT2D eigenvalue weighted by Crippen LogP contribution is -2.64. The number of para-hydroxylation sites is 1. The molecule has 4 heterocycles. The van der Waals surface area contributed by atoms with Crippen LogP contribution < -0.4 is 10.2 Å². The van der Waals surface area contributed by atoms with Gasteiger partial charge in [0.2, 0.25) is 0 Å². The van der Waals surface area contributed by atoms with Gasteiger partial charge in [0.05, 0.1) is 11.7 Å². The Morgan fingerprint density at radius 2 is 1.89 bits per heavy atom. The van der Waals surface area contributed by atoms with Gasteiger partial charge in [0, 0.05) is 37.5 Å². The number of hydrogen-bond donors (Lipinski definition) is 1. The second kappa shape index (κ2) is 6.14. The molecular weight excluding hydrogens is 338 g/mol. The fraction of sp³-hybridized carbons (Fsp3) is 0.455. The second-order valence-electron chi connectivity index (χ2n) is 8.13. The van der Waals surface area contributed by atoms with E-state index in [-0.39, 0.29) is 11.8 Å². The van der Waals surface area contributed by atoms with Crippen LogP contribution in [0.4, 0.5) is 0 Å². The number of ether oxygens (including phenoxy) is 1. The summed E-state index contributed by atoms with van der Waals surface area (Å²) in [5, 5.41) is 2.32. The van der Waals surface area contributed by atoms with Gasteiger partial charge in [0.1, 0.15) is 11.5 Å². The lowest BCUT2D eigenvalue weighted by Gasteiger charge is -2.52. The summed E-state index contributed by atoms with van der Waals surface area (Å²) in [5.41, 5.74) is 5.53. The van der Waals surface area contributed by atoms with E-state index in [1.807, 2.05) is 19.1 Å². The van der Waals surface area contributed by atoms with E-state index in [0.29, 0.717) is 6.04 Å². The lowest BCUT2D eigenvalue weighted by atomic mass is 9.92. The number of rotatable bonds is 2. The molecule has 0 radical (unpaired) electrons. The molecule has 1 aromatic carbocycles. The van der Waals surface area contributed by atoms with Crippen LogP contribution in [0.25, 0.3) is 5.70 Å². The van der Waals surface area contributed by atoms with Crippen LogP contribution in [0, 0.1) is 6.92 Å². The second-order valence-corrected chi connectivity index (χ2v) is 8.13. The van der Waals surface area contributed by atoms with Gasteiger partial charge in [-0.25, -0.2) is 0 Å². The highest BCUT2D eigenvalue weighted by Crippen LogP contribution is 2.48. The average Bonchev–Trinajstić information content (AvgIpc) is 3.29. The first-order chi connectivity index (χ1) is 13.1. The van der Waals surface area contributed by atoms with Crippen molar-refractivity contribution in [1.29, 1.82) is 0 Å². The normalized spacial score (nSPS) is 24.3. The van der Waals surface area contributed by atoms with Crippen LogP contribution in [0.15, 0.2) is 46.9 Å². The number of fused-ring (bicyclic) bond motifs is 4. The summed E-state index contributed by atoms with van der Waals surface area (Å²) < 4.78 is 12.5. The average molecular weight is 365 g/mol. The van der Waals surface area contributed by atoms with Crippen molar-refractivity contribution in [1.82, 2.24) is 15.3 Å². The molecule has 3 aliphatic heterocycles. The van der Waals surface area contributed by atoms with E-state index in [4.69, 9.17) is 9.15 Å². The zero-order valence-corrected chi connectivity index (χ0v) is 16.2. The van der Waals surface area contributed by atoms with Crippen molar-refractivity contribution in [3.63, 3.8) is 0 Å². The SMILES string of the molecule is Cc1ccc(C2=C[C@@H]3c4ccccc4OC4(CCN(C(C)C)CC4)N3N2)o1. The third-order valence-electron chi connectivity index (χ3n) is 6.14. The Kier molecular flexibility index (Phi) is 3.85. The maximum Gasteiger partial charge on any atom is 0.182 e. The van der Waals surface area contributed by atoms with Crippen LogP contribution in [-0.2, 0) is 0 Å². The number of likely N-dealkylation sites (tertiary alicyclic amines) is 1. The number of nitrogens with zero attached hydrogens (tertiary/aromatic N) is 2. The molecule has 1 spiro atoms. The molecule has 0 aliphatic carbocycles. The Hall–Kier alpha value is -2.24. The third kappa shape index (κ3) is 2.68. The van der Waals surface area contributed by atoms with E-state index in [0.717, 1.165) is 48.9 Å². The van der Waals surface area contributed by atoms with Gasteiger partial charge < -0.3 is 19.5 Å². The molecule has 3 aliphatic rings. The molecule has 1 atom stereocenters. The first-order valence-corrected chi connectivity index (χ1v) is 9.92. The van der Waals surface area contributed by atoms with Gasteiger partial charge in [-0.3, -0.25) is 0 Å². The van der Waals surface area contributed by atoms with Crippen LogP contribution in [0.1, 0.15) is 49.8 Å². The fourth-order valence-corrected chi connectivity index (χ4v) is 4.57. The van der Waals surface area contributed by atoms with Gasteiger partial charge in [-0.15, -0.1) is 0 Å². The summed E-state index contributed by atoms with van der Waals surface area (Å²) in [4.78, 5) is 2.53. The summed E-state index contributed by atoms with van der Waals surface area (Å²) in [6.45, 7) is 8.60. The van der Waals surface area contributed by atoms with Crippen molar-refractivity contribution in [2.75, 3.05) is 13.1 Å². The van der Waals surface area contributed by atoms with Gasteiger partial charge in [-0.05, 0) is 45.0 Å². The Labute approximate surface area is 160 Å². The van der Waals surface area contributed by atoms with Crippen LogP contribution >= 0.6 is 0 Å². The monoisotopic (exact) mass is 365 g/mol. The third-order valence-corrected chi connectivity index (χ3v) is 6.14. The molecule has 2 aromatic rings. The number of furan rings is 1. The minimum Gasteiger partial charge on any atom is -0.470 e. The highest BCUT2D eigenvalue weighted by molar-refractivity contribution is 5.64. The van der Waals surface area contributed by atoms with Crippen molar-refractivity contribution >= 4 is 5.70 Å². The summed E-state index contributed by atoms with van der Waals surface area (Å²) in [5.74, 6) is 2.81. The van der Waals surface area contributed by atoms with E-state index < -0.39 is 0 Å². The Morgan fingerprint density at radius 1 is 1.11 bits per heavy atom. The van der Waals surface area contributed by atoms with Crippen LogP contribution in [0.5, 0.6) is 5.75 Å². The van der Waals surface area contributed by atoms with Crippen molar-refractivity contribution < 1.29 is 9.15 Å². The van der Waals surface area contributed by atoms with E-state index in [1.165, 1.54) is 5.56 Å². The zero-order valence-electron chi connectivity index (χ0n) is 16.2. The van der Waals surface area contributed by atoms with Crippen molar-refractivity contribution in [3.8, 4) is 5.75 Å².